The number of rotatable bonds is 5. The largest absolute Gasteiger partial charge is 0.497 e. The number of ether oxygens (including phenoxy) is 2. The number of hydrogen-bond donors (Lipinski definition) is 0. The molecule has 0 aliphatic carbocycles. The van der Waals surface area contributed by atoms with Crippen molar-refractivity contribution in [2.75, 3.05) is 14.2 Å². The van der Waals surface area contributed by atoms with E-state index >= 15 is 0 Å². The van der Waals surface area contributed by atoms with Crippen molar-refractivity contribution < 1.29 is 9.47 Å². The van der Waals surface area contributed by atoms with Crippen LogP contribution in [0.15, 0.2) is 64.1 Å². The highest BCUT2D eigenvalue weighted by Gasteiger charge is 2.04. The van der Waals surface area contributed by atoms with Gasteiger partial charge < -0.3 is 14.0 Å². The summed E-state index contributed by atoms with van der Waals surface area (Å²) in [7, 11) is 5.29. The van der Waals surface area contributed by atoms with Crippen molar-refractivity contribution in [1.29, 1.82) is 0 Å². The van der Waals surface area contributed by atoms with E-state index in [-0.39, 0.29) is 0 Å². The van der Waals surface area contributed by atoms with Gasteiger partial charge in [-0.3, -0.25) is 0 Å². The Balaban J connectivity index is 1.84. The van der Waals surface area contributed by atoms with Crippen molar-refractivity contribution in [1.82, 2.24) is 4.57 Å². The first kappa shape index (κ1) is 17.0. The second-order valence-corrected chi connectivity index (χ2v) is 6.15. The lowest BCUT2D eigenvalue weighted by Gasteiger charge is -2.04. The van der Waals surface area contributed by atoms with Crippen LogP contribution in [0.2, 0.25) is 0 Å². The Hall–Kier alpha value is -2.86. The molecule has 0 radical (unpaired) electrons. The summed E-state index contributed by atoms with van der Waals surface area (Å²) < 4.78 is 12.4. The highest BCUT2D eigenvalue weighted by Crippen LogP contribution is 2.22. The van der Waals surface area contributed by atoms with Crippen LogP contribution in [0, 0.1) is 0 Å². The van der Waals surface area contributed by atoms with Crippen LogP contribution in [0.5, 0.6) is 11.5 Å². The molecular weight excluding hydrogens is 334 g/mol. The van der Waals surface area contributed by atoms with E-state index in [9.17, 15) is 0 Å². The van der Waals surface area contributed by atoms with Crippen LogP contribution in [-0.2, 0) is 7.05 Å². The molecule has 0 fully saturated rings. The van der Waals surface area contributed by atoms with Gasteiger partial charge in [0.25, 0.3) is 0 Å². The molecular formula is C19H19N3O2S. The van der Waals surface area contributed by atoms with E-state index in [0.717, 1.165) is 33.1 Å². The third kappa shape index (κ3) is 3.97. The summed E-state index contributed by atoms with van der Waals surface area (Å²) in [6.07, 6.45) is 1.72. The van der Waals surface area contributed by atoms with Gasteiger partial charge in [-0.15, -0.1) is 16.4 Å². The summed E-state index contributed by atoms with van der Waals surface area (Å²) in [5.41, 5.74) is 3.14. The molecule has 5 nitrogen and oxygen atoms in total. The zero-order chi connectivity index (χ0) is 17.6. The molecule has 1 aromatic heterocycles. The van der Waals surface area contributed by atoms with Gasteiger partial charge in [0.1, 0.15) is 11.5 Å². The minimum Gasteiger partial charge on any atom is -0.497 e. The van der Waals surface area contributed by atoms with Gasteiger partial charge in [0.2, 0.25) is 4.80 Å². The number of hydrogen-bond acceptors (Lipinski definition) is 5. The summed E-state index contributed by atoms with van der Waals surface area (Å²) in [4.78, 5) is 0.824. The molecule has 0 bridgehead atoms. The molecule has 0 unspecified atom stereocenters. The predicted molar refractivity (Wildman–Crippen MR) is 101 cm³/mol. The van der Waals surface area contributed by atoms with Gasteiger partial charge in [-0.05, 0) is 47.5 Å². The molecule has 6 heteroatoms. The van der Waals surface area contributed by atoms with Gasteiger partial charge in [0.05, 0.1) is 26.1 Å². The Kier molecular flexibility index (Phi) is 5.30. The molecule has 3 aromatic rings. The average molecular weight is 353 g/mol. The van der Waals surface area contributed by atoms with Crippen LogP contribution in [-0.4, -0.2) is 25.0 Å². The molecule has 0 atom stereocenters. The zero-order valence-corrected chi connectivity index (χ0v) is 15.2. The lowest BCUT2D eigenvalue weighted by atomic mass is 10.1. The van der Waals surface area contributed by atoms with E-state index < -0.39 is 0 Å². The summed E-state index contributed by atoms with van der Waals surface area (Å²) in [6, 6.07) is 15.7. The van der Waals surface area contributed by atoms with E-state index in [2.05, 4.69) is 15.6 Å². The van der Waals surface area contributed by atoms with Crippen LogP contribution in [0.25, 0.3) is 11.3 Å². The molecule has 1 heterocycles. The Morgan fingerprint density at radius 1 is 1.00 bits per heavy atom. The van der Waals surface area contributed by atoms with E-state index in [4.69, 9.17) is 9.47 Å². The molecule has 0 saturated carbocycles. The van der Waals surface area contributed by atoms with Crippen molar-refractivity contribution in [3.8, 4) is 22.8 Å². The molecule has 25 heavy (non-hydrogen) atoms. The number of nitrogens with zero attached hydrogens (tertiary/aromatic N) is 3. The maximum atomic E-state index is 5.20. The number of methoxy groups -OCH3 is 2. The number of benzene rings is 2. The Morgan fingerprint density at radius 2 is 1.76 bits per heavy atom. The standard InChI is InChI=1S/C19H19N3O2S/c1-22-18(15-7-9-16(23-2)10-8-15)13-25-19(22)21-20-12-14-5-4-6-17(11-14)24-3/h4-13H,1-3H3. The average Bonchev–Trinajstić information content (AvgIpc) is 3.03. The molecule has 0 amide bonds. The Bertz CT molecular complexity index is 940. The fraction of sp³-hybridized carbons (Fsp3) is 0.158. The van der Waals surface area contributed by atoms with Gasteiger partial charge >= 0.3 is 0 Å². The summed E-state index contributed by atoms with van der Waals surface area (Å²) in [5, 5.41) is 10.6. The van der Waals surface area contributed by atoms with Gasteiger partial charge in [0, 0.05) is 12.4 Å². The normalized spacial score (nSPS) is 11.9. The first-order valence-corrected chi connectivity index (χ1v) is 8.59. The number of aromatic nitrogens is 1. The van der Waals surface area contributed by atoms with Gasteiger partial charge in [-0.25, -0.2) is 0 Å². The molecule has 2 aromatic carbocycles. The van der Waals surface area contributed by atoms with Crippen LogP contribution in [0.3, 0.4) is 0 Å². The third-order valence-electron chi connectivity index (χ3n) is 3.75. The smallest absolute Gasteiger partial charge is 0.210 e. The first-order valence-electron chi connectivity index (χ1n) is 7.71. The van der Waals surface area contributed by atoms with Crippen LogP contribution < -0.4 is 14.3 Å². The maximum absolute atomic E-state index is 5.20. The van der Waals surface area contributed by atoms with Gasteiger partial charge in [-0.2, -0.15) is 5.10 Å². The van der Waals surface area contributed by atoms with E-state index in [0.29, 0.717) is 0 Å². The zero-order valence-electron chi connectivity index (χ0n) is 14.3. The minimum absolute atomic E-state index is 0.799. The second-order valence-electron chi connectivity index (χ2n) is 5.31. The first-order chi connectivity index (χ1) is 12.2. The van der Waals surface area contributed by atoms with Crippen LogP contribution >= 0.6 is 11.3 Å². The molecule has 0 aliphatic heterocycles. The topological polar surface area (TPSA) is 48.1 Å². The highest BCUT2D eigenvalue weighted by atomic mass is 32.1. The molecule has 3 rings (SSSR count). The Morgan fingerprint density at radius 3 is 2.48 bits per heavy atom. The van der Waals surface area contributed by atoms with Crippen LogP contribution in [0.1, 0.15) is 5.56 Å². The SMILES string of the molecule is COc1ccc(-c2csc(=NN=Cc3cccc(OC)c3)n2C)cc1. The van der Waals surface area contributed by atoms with E-state index in [1.807, 2.05) is 60.1 Å². The van der Waals surface area contributed by atoms with Crippen molar-refractivity contribution in [3.63, 3.8) is 0 Å². The van der Waals surface area contributed by atoms with Crippen LogP contribution in [0.4, 0.5) is 0 Å². The van der Waals surface area contributed by atoms with Crippen molar-refractivity contribution in [2.24, 2.45) is 17.3 Å². The fourth-order valence-corrected chi connectivity index (χ4v) is 3.21. The lowest BCUT2D eigenvalue weighted by Crippen LogP contribution is -2.10. The van der Waals surface area contributed by atoms with Crippen molar-refractivity contribution in [2.45, 2.75) is 0 Å². The van der Waals surface area contributed by atoms with Gasteiger partial charge in [0.15, 0.2) is 0 Å². The minimum atomic E-state index is 0.799. The molecule has 128 valence electrons. The number of thiazole rings is 1. The van der Waals surface area contributed by atoms with Crippen molar-refractivity contribution >= 4 is 17.6 Å². The van der Waals surface area contributed by atoms with Crippen molar-refractivity contribution in [3.05, 3.63) is 64.3 Å². The molecule has 0 aliphatic rings. The lowest BCUT2D eigenvalue weighted by molar-refractivity contribution is 0.414. The molecule has 0 N–H and O–H groups in total. The summed E-state index contributed by atoms with van der Waals surface area (Å²) >= 11 is 1.55. The Labute approximate surface area is 150 Å². The quantitative estimate of drug-likeness (QED) is 0.519. The summed E-state index contributed by atoms with van der Waals surface area (Å²) in [5.74, 6) is 1.64. The maximum Gasteiger partial charge on any atom is 0.210 e. The predicted octanol–water partition coefficient (Wildman–Crippen LogP) is 3.71. The van der Waals surface area contributed by atoms with Gasteiger partial charge in [-0.1, -0.05) is 12.1 Å². The molecule has 0 saturated heterocycles. The second kappa shape index (κ2) is 7.81. The van der Waals surface area contributed by atoms with E-state index in [1.54, 1.807) is 31.8 Å². The third-order valence-corrected chi connectivity index (χ3v) is 4.66. The molecule has 0 spiro atoms. The fourth-order valence-electron chi connectivity index (χ4n) is 2.35. The van der Waals surface area contributed by atoms with E-state index in [1.165, 1.54) is 0 Å². The summed E-state index contributed by atoms with van der Waals surface area (Å²) in [6.45, 7) is 0. The highest BCUT2D eigenvalue weighted by molar-refractivity contribution is 7.07. The monoisotopic (exact) mass is 353 g/mol.